The van der Waals surface area contributed by atoms with Gasteiger partial charge in [0.15, 0.2) is 9.84 Å². The van der Waals surface area contributed by atoms with Crippen LogP contribution in [0.5, 0.6) is 0 Å². The Kier molecular flexibility index (Phi) is 5.19. The van der Waals surface area contributed by atoms with Gasteiger partial charge in [-0.25, -0.2) is 8.42 Å². The monoisotopic (exact) mass is 305 g/mol. The van der Waals surface area contributed by atoms with Crippen LogP contribution in [0, 0.1) is 0 Å². The molecule has 0 spiro atoms. The lowest BCUT2D eigenvalue weighted by atomic mass is 10.2. The number of rotatable bonds is 7. The Labute approximate surface area is 117 Å². The molecule has 0 aliphatic heterocycles. The van der Waals surface area contributed by atoms with E-state index in [2.05, 4.69) is 12.2 Å². The minimum atomic E-state index is -3.50. The molecule has 0 fully saturated rings. The summed E-state index contributed by atoms with van der Waals surface area (Å²) in [6.07, 6.45) is 4.10. The lowest BCUT2D eigenvalue weighted by Crippen LogP contribution is -2.12. The van der Waals surface area contributed by atoms with E-state index >= 15 is 0 Å². The van der Waals surface area contributed by atoms with E-state index in [-0.39, 0.29) is 15.5 Å². The number of carbonyl (C=O) groups excluding carboxylic acids is 1. The van der Waals surface area contributed by atoms with Gasteiger partial charge in [-0.1, -0.05) is 19.8 Å². The highest BCUT2D eigenvalue weighted by Gasteiger charge is 2.25. The number of sulfone groups is 1. The van der Waals surface area contributed by atoms with Crippen LogP contribution in [0.2, 0.25) is 0 Å². The molecule has 0 unspecified atom stereocenters. The molecule has 0 atom stereocenters. The summed E-state index contributed by atoms with van der Waals surface area (Å²) in [6, 6.07) is 0. The van der Waals surface area contributed by atoms with Crippen LogP contribution in [0.25, 0.3) is 0 Å². The summed E-state index contributed by atoms with van der Waals surface area (Å²) in [6.45, 7) is 2.71. The largest absolute Gasteiger partial charge is 0.396 e. The van der Waals surface area contributed by atoms with Crippen molar-refractivity contribution in [3.05, 3.63) is 4.88 Å². The van der Waals surface area contributed by atoms with Crippen molar-refractivity contribution in [2.24, 2.45) is 5.73 Å². The quantitative estimate of drug-likeness (QED) is 0.659. The van der Waals surface area contributed by atoms with Gasteiger partial charge in [-0.2, -0.15) is 0 Å². The van der Waals surface area contributed by atoms with Crippen LogP contribution >= 0.6 is 11.3 Å². The van der Waals surface area contributed by atoms with Crippen molar-refractivity contribution in [2.45, 2.75) is 31.1 Å². The van der Waals surface area contributed by atoms with Crippen LogP contribution in [-0.4, -0.2) is 27.1 Å². The third-order valence-electron chi connectivity index (χ3n) is 2.56. The van der Waals surface area contributed by atoms with Gasteiger partial charge in [0.05, 0.1) is 5.69 Å². The molecule has 5 N–H and O–H groups in total. The number of hydrogen-bond donors (Lipinski definition) is 3. The maximum Gasteiger partial charge on any atom is 0.261 e. The molecule has 1 amide bonds. The van der Waals surface area contributed by atoms with Crippen LogP contribution in [-0.2, 0) is 9.84 Å². The Bertz CT molecular complexity index is 564. The molecule has 1 aromatic heterocycles. The summed E-state index contributed by atoms with van der Waals surface area (Å²) in [5.74, 6) is -0.714. The van der Waals surface area contributed by atoms with Crippen LogP contribution in [0.15, 0.2) is 4.90 Å². The number of thiophene rings is 1. The number of hydrogen-bond acceptors (Lipinski definition) is 6. The molecule has 0 aromatic carbocycles. The fourth-order valence-corrected chi connectivity index (χ4v) is 4.12. The van der Waals surface area contributed by atoms with Crippen molar-refractivity contribution in [1.29, 1.82) is 0 Å². The fourth-order valence-electron chi connectivity index (χ4n) is 1.67. The summed E-state index contributed by atoms with van der Waals surface area (Å²) in [5.41, 5.74) is 10.8. The van der Waals surface area contributed by atoms with Gasteiger partial charge in [0.1, 0.15) is 14.8 Å². The Morgan fingerprint density at radius 3 is 2.47 bits per heavy atom. The topological polar surface area (TPSA) is 115 Å². The molecule has 0 saturated heterocycles. The standard InChI is InChI=1S/C11H19N3O3S2/c1-3-4-5-6-14-11-9(19(2,16)17)7(12)8(18-11)10(13)15/h14H,3-6,12H2,1-2H3,(H2,13,15). The summed E-state index contributed by atoms with van der Waals surface area (Å²) in [4.78, 5) is 11.3. The number of carbonyl (C=O) groups is 1. The van der Waals surface area contributed by atoms with Crippen molar-refractivity contribution in [3.63, 3.8) is 0 Å². The Morgan fingerprint density at radius 2 is 2.00 bits per heavy atom. The molecule has 0 aliphatic carbocycles. The van der Waals surface area contributed by atoms with E-state index in [1.54, 1.807) is 0 Å². The summed E-state index contributed by atoms with van der Waals surface area (Å²) in [5, 5.41) is 3.42. The highest BCUT2D eigenvalue weighted by Crippen LogP contribution is 2.38. The minimum absolute atomic E-state index is 0.0252. The molecule has 6 nitrogen and oxygen atoms in total. The average Bonchev–Trinajstić information content (AvgIpc) is 2.61. The van der Waals surface area contributed by atoms with Crippen LogP contribution < -0.4 is 16.8 Å². The second kappa shape index (κ2) is 6.25. The van der Waals surface area contributed by atoms with Crippen LogP contribution in [0.3, 0.4) is 0 Å². The first-order valence-electron chi connectivity index (χ1n) is 5.95. The second-order valence-corrected chi connectivity index (χ2v) is 7.25. The van der Waals surface area contributed by atoms with Gasteiger partial charge in [0, 0.05) is 12.8 Å². The van der Waals surface area contributed by atoms with Crippen molar-refractivity contribution < 1.29 is 13.2 Å². The number of unbranched alkanes of at least 4 members (excludes halogenated alkanes) is 2. The molecule has 1 aromatic rings. The molecule has 0 bridgehead atoms. The average molecular weight is 305 g/mol. The number of nitrogens with one attached hydrogen (secondary N) is 1. The molecular weight excluding hydrogens is 286 g/mol. The first-order chi connectivity index (χ1) is 8.79. The zero-order valence-corrected chi connectivity index (χ0v) is 12.7. The molecular formula is C11H19N3O3S2. The van der Waals surface area contributed by atoms with Crippen LogP contribution in [0.1, 0.15) is 35.9 Å². The molecule has 8 heteroatoms. The number of nitrogen functional groups attached to an aromatic ring is 1. The molecule has 19 heavy (non-hydrogen) atoms. The van der Waals surface area contributed by atoms with Crippen molar-refractivity contribution >= 4 is 37.8 Å². The van der Waals surface area contributed by atoms with Crippen LogP contribution in [0.4, 0.5) is 10.7 Å². The van der Waals surface area contributed by atoms with E-state index in [0.29, 0.717) is 11.5 Å². The van der Waals surface area contributed by atoms with Gasteiger partial charge in [-0.15, -0.1) is 11.3 Å². The lowest BCUT2D eigenvalue weighted by Gasteiger charge is -2.06. The molecule has 108 valence electrons. The van der Waals surface area contributed by atoms with Crippen molar-refractivity contribution in [3.8, 4) is 0 Å². The Balaban J connectivity index is 3.08. The number of anilines is 2. The third kappa shape index (κ3) is 3.84. The SMILES string of the molecule is CCCCCNc1sc(C(N)=O)c(N)c1S(C)(=O)=O. The van der Waals surface area contributed by atoms with Crippen molar-refractivity contribution in [1.82, 2.24) is 0 Å². The van der Waals surface area contributed by atoms with Gasteiger partial charge in [0.25, 0.3) is 5.91 Å². The number of amides is 1. The smallest absolute Gasteiger partial charge is 0.261 e. The van der Waals surface area contributed by atoms with E-state index in [0.717, 1.165) is 36.9 Å². The van der Waals surface area contributed by atoms with Gasteiger partial charge < -0.3 is 16.8 Å². The summed E-state index contributed by atoms with van der Waals surface area (Å²) >= 11 is 0.989. The van der Waals surface area contributed by atoms with E-state index in [1.807, 2.05) is 0 Å². The molecule has 1 heterocycles. The number of nitrogens with two attached hydrogens (primary N) is 2. The van der Waals surface area contributed by atoms with E-state index < -0.39 is 15.7 Å². The second-order valence-electron chi connectivity index (χ2n) is 4.27. The summed E-state index contributed by atoms with van der Waals surface area (Å²) < 4.78 is 23.5. The predicted octanol–water partition coefficient (Wildman–Crippen LogP) is 1.43. The molecule has 1 rings (SSSR count). The van der Waals surface area contributed by atoms with Gasteiger partial charge in [0.2, 0.25) is 0 Å². The minimum Gasteiger partial charge on any atom is -0.396 e. The van der Waals surface area contributed by atoms with E-state index in [4.69, 9.17) is 11.5 Å². The van der Waals surface area contributed by atoms with E-state index in [9.17, 15) is 13.2 Å². The highest BCUT2D eigenvalue weighted by atomic mass is 32.2. The fraction of sp³-hybridized carbons (Fsp3) is 0.545. The molecule has 0 saturated carbocycles. The predicted molar refractivity (Wildman–Crippen MR) is 78.4 cm³/mol. The van der Waals surface area contributed by atoms with Gasteiger partial charge in [-0.05, 0) is 6.42 Å². The summed E-state index contributed by atoms with van der Waals surface area (Å²) in [7, 11) is -3.50. The number of primary amides is 1. The lowest BCUT2D eigenvalue weighted by molar-refractivity contribution is 0.100. The molecule has 0 radical (unpaired) electrons. The van der Waals surface area contributed by atoms with Crippen molar-refractivity contribution in [2.75, 3.05) is 23.9 Å². The first-order valence-corrected chi connectivity index (χ1v) is 8.65. The van der Waals surface area contributed by atoms with E-state index in [1.165, 1.54) is 0 Å². The zero-order chi connectivity index (χ0) is 14.6. The van der Waals surface area contributed by atoms with Gasteiger partial charge >= 0.3 is 0 Å². The highest BCUT2D eigenvalue weighted by molar-refractivity contribution is 7.91. The third-order valence-corrected chi connectivity index (χ3v) is 5.03. The Hall–Kier alpha value is -1.28. The zero-order valence-electron chi connectivity index (χ0n) is 11.0. The normalized spacial score (nSPS) is 11.5. The maximum atomic E-state index is 11.7. The maximum absolute atomic E-state index is 11.7. The first kappa shape index (κ1) is 15.8. The Morgan fingerprint density at radius 1 is 1.37 bits per heavy atom. The van der Waals surface area contributed by atoms with Gasteiger partial charge in [-0.3, -0.25) is 4.79 Å². The molecule has 0 aliphatic rings.